The van der Waals surface area contributed by atoms with Crippen molar-refractivity contribution >= 4 is 22.8 Å². The van der Waals surface area contributed by atoms with Crippen molar-refractivity contribution in [2.24, 2.45) is 0 Å². The molecule has 0 spiro atoms. The quantitative estimate of drug-likeness (QED) is 0.616. The zero-order chi connectivity index (χ0) is 17.5. The highest BCUT2D eigenvalue weighted by Gasteiger charge is 2.10. The van der Waals surface area contributed by atoms with Crippen molar-refractivity contribution in [2.75, 3.05) is 14.2 Å². The molecule has 2 rings (SSSR count). The fraction of sp³-hybridized carbons (Fsp3) is 0.188. The maximum absolute atomic E-state index is 12.2. The lowest BCUT2D eigenvalue weighted by atomic mass is 10.2. The highest BCUT2D eigenvalue weighted by molar-refractivity contribution is 7.10. The van der Waals surface area contributed by atoms with Gasteiger partial charge in [-0.2, -0.15) is 5.26 Å². The van der Waals surface area contributed by atoms with E-state index in [1.807, 2.05) is 18.4 Å². The number of ether oxygens (including phenoxy) is 2. The summed E-state index contributed by atoms with van der Waals surface area (Å²) in [4.78, 5) is 16.4. The second-order valence-electron chi connectivity index (χ2n) is 4.66. The van der Waals surface area contributed by atoms with Crippen molar-refractivity contribution in [2.45, 2.75) is 6.92 Å². The molecule has 0 fully saturated rings. The number of aryl methyl sites for hydroxylation is 1. The highest BCUT2D eigenvalue weighted by Crippen LogP contribution is 2.22. The summed E-state index contributed by atoms with van der Waals surface area (Å²) >= 11 is 1.36. The molecule has 0 unspecified atom stereocenters. The van der Waals surface area contributed by atoms with E-state index in [1.54, 1.807) is 18.2 Å². The zero-order valence-corrected chi connectivity index (χ0v) is 14.2. The van der Waals surface area contributed by atoms with E-state index in [9.17, 15) is 10.1 Å². The number of nitriles is 1. The monoisotopic (exact) mass is 344 g/mol. The fourth-order valence-electron chi connectivity index (χ4n) is 1.80. The van der Waals surface area contributed by atoms with Crippen molar-refractivity contribution in [1.29, 1.82) is 5.26 Å². The predicted molar refractivity (Wildman–Crippen MR) is 90.6 cm³/mol. The predicted octanol–water partition coefficient (Wildman–Crippen LogP) is 2.27. The van der Waals surface area contributed by atoms with Crippen molar-refractivity contribution in [3.05, 3.63) is 46.0 Å². The van der Waals surface area contributed by atoms with E-state index in [1.165, 1.54) is 31.8 Å². The second kappa shape index (κ2) is 7.99. The molecule has 0 aliphatic carbocycles. The van der Waals surface area contributed by atoms with Crippen LogP contribution in [0.5, 0.6) is 11.5 Å². The van der Waals surface area contributed by atoms with Gasteiger partial charge in [0.15, 0.2) is 0 Å². The Labute approximate surface area is 143 Å². The molecule has 0 saturated carbocycles. The lowest BCUT2D eigenvalue weighted by Gasteiger charge is -2.09. The molecule has 0 bridgehead atoms. The average Bonchev–Trinajstić information content (AvgIpc) is 3.04. The summed E-state index contributed by atoms with van der Waals surface area (Å²) in [6.45, 7) is 1.85. The summed E-state index contributed by atoms with van der Waals surface area (Å²) < 4.78 is 10.3. The van der Waals surface area contributed by atoms with Gasteiger partial charge in [-0.25, -0.2) is 4.98 Å². The van der Waals surface area contributed by atoms with Gasteiger partial charge in [-0.05, 0) is 19.1 Å². The Morgan fingerprint density at radius 2 is 1.96 bits per heavy atom. The fourth-order valence-corrected chi connectivity index (χ4v) is 2.57. The van der Waals surface area contributed by atoms with E-state index in [2.05, 4.69) is 15.8 Å². The largest absolute Gasteiger partial charge is 0.497 e. The van der Waals surface area contributed by atoms with E-state index in [4.69, 9.17) is 9.47 Å². The first-order valence-corrected chi connectivity index (χ1v) is 7.77. The number of methoxy groups -OCH3 is 2. The molecule has 24 heavy (non-hydrogen) atoms. The number of benzene rings is 1. The number of hydrogen-bond donors (Lipinski definition) is 2. The Morgan fingerprint density at radius 1 is 1.29 bits per heavy atom. The number of aromatic nitrogens is 1. The van der Waals surface area contributed by atoms with E-state index in [-0.39, 0.29) is 0 Å². The van der Waals surface area contributed by atoms with Gasteiger partial charge in [-0.15, -0.1) is 11.3 Å². The van der Waals surface area contributed by atoms with Crippen LogP contribution in [0.4, 0.5) is 0 Å². The molecular formula is C16H16N4O3S. The lowest BCUT2D eigenvalue weighted by molar-refractivity contribution is 0.0940. The van der Waals surface area contributed by atoms with Crippen LogP contribution in [0.1, 0.15) is 21.1 Å². The van der Waals surface area contributed by atoms with Gasteiger partial charge in [-0.3, -0.25) is 10.2 Å². The van der Waals surface area contributed by atoms with Gasteiger partial charge in [-0.1, -0.05) is 0 Å². The van der Waals surface area contributed by atoms with E-state index in [0.717, 1.165) is 5.69 Å². The molecule has 2 N–H and O–H groups in total. The molecule has 0 aliphatic heterocycles. The van der Waals surface area contributed by atoms with Crippen LogP contribution in [-0.2, 0) is 0 Å². The van der Waals surface area contributed by atoms with Crippen LogP contribution in [0.3, 0.4) is 0 Å². The summed E-state index contributed by atoms with van der Waals surface area (Å²) in [6, 6.07) is 6.87. The smallest absolute Gasteiger partial charge is 0.269 e. The van der Waals surface area contributed by atoms with Crippen LogP contribution in [0.15, 0.2) is 29.8 Å². The van der Waals surface area contributed by atoms with E-state index in [0.29, 0.717) is 27.6 Å². The van der Waals surface area contributed by atoms with Crippen molar-refractivity contribution in [3.8, 4) is 17.6 Å². The van der Waals surface area contributed by atoms with Gasteiger partial charge in [0.05, 0.1) is 14.2 Å². The van der Waals surface area contributed by atoms with Gasteiger partial charge in [0.1, 0.15) is 28.1 Å². The summed E-state index contributed by atoms with van der Waals surface area (Å²) in [5.41, 5.74) is 6.63. The summed E-state index contributed by atoms with van der Waals surface area (Å²) in [6.07, 6.45) is 1.40. The molecule has 0 saturated heterocycles. The summed E-state index contributed by atoms with van der Waals surface area (Å²) in [5, 5.41) is 11.6. The number of allylic oxidation sites excluding steroid dienone is 1. The molecule has 1 aromatic heterocycles. The molecule has 0 atom stereocenters. The first-order chi connectivity index (χ1) is 11.6. The maximum atomic E-state index is 12.2. The van der Waals surface area contributed by atoms with Gasteiger partial charge in [0.25, 0.3) is 5.91 Å². The molecule has 1 heterocycles. The molecule has 0 aliphatic rings. The average molecular weight is 344 g/mol. The van der Waals surface area contributed by atoms with Crippen LogP contribution in [0, 0.1) is 18.3 Å². The van der Waals surface area contributed by atoms with E-state index < -0.39 is 5.91 Å². The van der Waals surface area contributed by atoms with Crippen molar-refractivity contribution < 1.29 is 14.3 Å². The van der Waals surface area contributed by atoms with Crippen molar-refractivity contribution in [3.63, 3.8) is 0 Å². The third kappa shape index (κ3) is 4.24. The normalized spacial score (nSPS) is 10.7. The van der Waals surface area contributed by atoms with Crippen LogP contribution in [0.25, 0.3) is 5.57 Å². The van der Waals surface area contributed by atoms with Gasteiger partial charge in [0, 0.05) is 28.9 Å². The van der Waals surface area contributed by atoms with Crippen molar-refractivity contribution in [1.82, 2.24) is 15.8 Å². The zero-order valence-electron chi connectivity index (χ0n) is 13.4. The topological polar surface area (TPSA) is 96.3 Å². The van der Waals surface area contributed by atoms with Crippen LogP contribution in [0.2, 0.25) is 0 Å². The Hall–Kier alpha value is -3.05. The number of nitrogens with one attached hydrogen (secondary N) is 2. The number of nitrogens with zero attached hydrogens (tertiary/aromatic N) is 2. The molecule has 1 aromatic carbocycles. The van der Waals surface area contributed by atoms with E-state index >= 15 is 0 Å². The maximum Gasteiger partial charge on any atom is 0.269 e. The number of hydrogen-bond acceptors (Lipinski definition) is 7. The molecule has 7 nitrogen and oxygen atoms in total. The minimum Gasteiger partial charge on any atom is -0.497 e. The molecular weight excluding hydrogens is 328 g/mol. The molecule has 0 radical (unpaired) electrons. The Balaban J connectivity index is 2.07. The first-order valence-electron chi connectivity index (χ1n) is 6.89. The van der Waals surface area contributed by atoms with Gasteiger partial charge in [0.2, 0.25) is 0 Å². The number of rotatable bonds is 6. The second-order valence-corrected chi connectivity index (χ2v) is 5.52. The summed E-state index contributed by atoms with van der Waals surface area (Å²) in [5.74, 6) is 0.619. The molecule has 8 heteroatoms. The molecule has 124 valence electrons. The third-order valence-electron chi connectivity index (χ3n) is 2.99. The van der Waals surface area contributed by atoms with Gasteiger partial charge < -0.3 is 14.9 Å². The minimum absolute atomic E-state index is 0.330. The minimum atomic E-state index is -0.393. The number of carbonyl (C=O) groups excluding carboxylic acids is 1. The van der Waals surface area contributed by atoms with Crippen LogP contribution >= 0.6 is 11.3 Å². The van der Waals surface area contributed by atoms with Gasteiger partial charge >= 0.3 is 0 Å². The Bertz CT molecular complexity index is 786. The van der Waals surface area contributed by atoms with Crippen LogP contribution in [-0.4, -0.2) is 25.1 Å². The molecule has 2 aromatic rings. The number of hydrazine groups is 1. The SMILES string of the molecule is COc1cc(OC)cc(C(=O)NN/C=C(\C#N)c2nc(C)cs2)c1. The number of carbonyl (C=O) groups is 1. The number of amides is 1. The lowest BCUT2D eigenvalue weighted by Crippen LogP contribution is -2.33. The highest BCUT2D eigenvalue weighted by atomic mass is 32.1. The molecule has 1 amide bonds. The summed E-state index contributed by atoms with van der Waals surface area (Å²) in [7, 11) is 3.01. The third-order valence-corrected chi connectivity index (χ3v) is 3.98. The van der Waals surface area contributed by atoms with Crippen LogP contribution < -0.4 is 20.3 Å². The number of thiazole rings is 1. The standard InChI is InChI=1S/C16H16N4O3S/c1-10-9-24-16(19-10)12(7-17)8-18-20-15(21)11-4-13(22-2)6-14(5-11)23-3/h4-6,8-9,18H,1-3H3,(H,20,21)/b12-8+. The Morgan fingerprint density at radius 3 is 2.46 bits per heavy atom. The Kier molecular flexibility index (Phi) is 5.76. The first kappa shape index (κ1) is 17.3.